The molecule has 0 aliphatic heterocycles. The molecule has 0 aliphatic rings. The monoisotopic (exact) mass is 249 g/mol. The molecule has 0 heterocycles. The van der Waals surface area contributed by atoms with E-state index in [1.807, 2.05) is 6.92 Å². The fourth-order valence-electron chi connectivity index (χ4n) is 1.38. The van der Waals surface area contributed by atoms with Crippen LogP contribution in [0.15, 0.2) is 0 Å². The molecule has 0 aliphatic carbocycles. The Morgan fingerprint density at radius 2 is 1.69 bits per heavy atom. The summed E-state index contributed by atoms with van der Waals surface area (Å²) in [7, 11) is 2.99. The molecular weight excluding hydrogens is 222 g/mol. The summed E-state index contributed by atoms with van der Waals surface area (Å²) in [5.74, 6) is 0. The second-order valence-corrected chi connectivity index (χ2v) is 6.48. The third-order valence-electron chi connectivity index (χ3n) is 2.95. The van der Waals surface area contributed by atoms with E-state index in [9.17, 15) is 0 Å². The molecule has 16 heavy (non-hydrogen) atoms. The zero-order chi connectivity index (χ0) is 12.4. The molecule has 0 amide bonds. The van der Waals surface area contributed by atoms with Crippen molar-refractivity contribution in [2.45, 2.75) is 32.2 Å². The first-order valence-corrected chi connectivity index (χ1v) is 7.73. The number of rotatable bonds is 10. The van der Waals surface area contributed by atoms with Crippen molar-refractivity contribution in [2.24, 2.45) is 0 Å². The minimum absolute atomic E-state index is 0.335. The van der Waals surface area contributed by atoms with Gasteiger partial charge in [0.1, 0.15) is 5.41 Å². The van der Waals surface area contributed by atoms with Crippen molar-refractivity contribution >= 4 is 9.52 Å². The van der Waals surface area contributed by atoms with Gasteiger partial charge in [0.05, 0.1) is 16.3 Å². The molecule has 4 nitrogen and oxygen atoms in total. The summed E-state index contributed by atoms with van der Waals surface area (Å²) in [4.78, 5) is 2.26. The van der Waals surface area contributed by atoms with E-state index >= 15 is 0 Å². The van der Waals surface area contributed by atoms with E-state index in [-0.39, 0.29) is 5.41 Å². The molecule has 0 aromatic heterocycles. The Balaban J connectivity index is 3.52. The lowest BCUT2D eigenvalue weighted by molar-refractivity contribution is -0.131. The zero-order valence-electron chi connectivity index (χ0n) is 11.4. The SMILES string of the molecule is CCN(CC)COCC[SiH2]C(C)(OC)OC. The van der Waals surface area contributed by atoms with Gasteiger partial charge in [-0.1, -0.05) is 13.8 Å². The Bertz CT molecular complexity index is 161. The standard InChI is InChI=1S/C11H27NO3Si/c1-6-12(7-2)10-15-8-9-16-11(3,13-4)14-5/h6-10,16H2,1-5H3. The Labute approximate surface area is 102 Å². The summed E-state index contributed by atoms with van der Waals surface area (Å²) < 4.78 is 16.3. The van der Waals surface area contributed by atoms with Gasteiger partial charge >= 0.3 is 0 Å². The van der Waals surface area contributed by atoms with Crippen molar-refractivity contribution in [3.63, 3.8) is 0 Å². The minimum Gasteiger partial charge on any atom is -0.366 e. The predicted molar refractivity (Wildman–Crippen MR) is 69.5 cm³/mol. The molecule has 0 unspecified atom stereocenters. The molecule has 0 saturated heterocycles. The van der Waals surface area contributed by atoms with Crippen LogP contribution in [0, 0.1) is 0 Å². The van der Waals surface area contributed by atoms with Crippen molar-refractivity contribution in [2.75, 3.05) is 40.6 Å². The molecule has 0 rings (SSSR count). The molecular formula is C11H27NO3Si. The molecule has 98 valence electrons. The maximum Gasteiger partial charge on any atom is 0.141 e. The van der Waals surface area contributed by atoms with Gasteiger partial charge in [-0.3, -0.25) is 4.90 Å². The van der Waals surface area contributed by atoms with Crippen molar-refractivity contribution in [3.8, 4) is 0 Å². The largest absolute Gasteiger partial charge is 0.366 e. The third kappa shape index (κ3) is 6.60. The fraction of sp³-hybridized carbons (Fsp3) is 1.00. The normalized spacial score (nSPS) is 13.1. The van der Waals surface area contributed by atoms with E-state index in [0.717, 1.165) is 32.5 Å². The van der Waals surface area contributed by atoms with Crippen LogP contribution in [-0.2, 0) is 14.2 Å². The number of nitrogens with zero attached hydrogens (tertiary/aromatic N) is 1. The second kappa shape index (κ2) is 9.12. The molecule has 0 bridgehead atoms. The fourth-order valence-corrected chi connectivity index (χ4v) is 2.78. The Morgan fingerprint density at radius 1 is 1.12 bits per heavy atom. The van der Waals surface area contributed by atoms with Crippen LogP contribution in [0.5, 0.6) is 0 Å². The predicted octanol–water partition coefficient (Wildman–Crippen LogP) is 0.856. The Hall–Kier alpha value is 0.0569. The Morgan fingerprint density at radius 3 is 2.12 bits per heavy atom. The summed E-state index contributed by atoms with van der Waals surface area (Å²) >= 11 is 0. The first kappa shape index (κ1) is 16.1. The van der Waals surface area contributed by atoms with Crippen LogP contribution in [0.4, 0.5) is 0 Å². The van der Waals surface area contributed by atoms with Gasteiger partial charge in [-0.25, -0.2) is 0 Å². The number of methoxy groups -OCH3 is 2. The van der Waals surface area contributed by atoms with Crippen LogP contribution in [0.3, 0.4) is 0 Å². The van der Waals surface area contributed by atoms with Crippen molar-refractivity contribution < 1.29 is 14.2 Å². The Kier molecular flexibility index (Phi) is 9.16. The van der Waals surface area contributed by atoms with E-state index in [1.54, 1.807) is 14.2 Å². The van der Waals surface area contributed by atoms with Gasteiger partial charge in [0.15, 0.2) is 0 Å². The number of hydrogen-bond acceptors (Lipinski definition) is 4. The molecule has 0 radical (unpaired) electrons. The van der Waals surface area contributed by atoms with Crippen LogP contribution in [0.1, 0.15) is 20.8 Å². The summed E-state index contributed by atoms with van der Waals surface area (Å²) in [6, 6.07) is 1.08. The van der Waals surface area contributed by atoms with E-state index in [2.05, 4.69) is 18.7 Å². The minimum atomic E-state index is -0.417. The summed E-state index contributed by atoms with van der Waals surface area (Å²) in [5.41, 5.74) is -0.335. The van der Waals surface area contributed by atoms with E-state index in [0.29, 0.717) is 0 Å². The van der Waals surface area contributed by atoms with Gasteiger partial charge < -0.3 is 14.2 Å². The molecule has 0 aromatic carbocycles. The molecule has 0 spiro atoms. The van der Waals surface area contributed by atoms with E-state index < -0.39 is 9.52 Å². The highest BCUT2D eigenvalue weighted by atomic mass is 28.2. The van der Waals surface area contributed by atoms with Gasteiger partial charge in [0, 0.05) is 20.8 Å². The quantitative estimate of drug-likeness (QED) is 0.326. The van der Waals surface area contributed by atoms with Crippen LogP contribution in [-0.4, -0.2) is 60.5 Å². The van der Waals surface area contributed by atoms with Crippen molar-refractivity contribution in [1.82, 2.24) is 4.90 Å². The van der Waals surface area contributed by atoms with E-state index in [4.69, 9.17) is 14.2 Å². The van der Waals surface area contributed by atoms with Gasteiger partial charge in [0.2, 0.25) is 0 Å². The molecule has 0 saturated carbocycles. The van der Waals surface area contributed by atoms with Gasteiger partial charge in [0.25, 0.3) is 0 Å². The lowest BCUT2D eigenvalue weighted by atomic mass is 10.6. The number of ether oxygens (including phenoxy) is 3. The van der Waals surface area contributed by atoms with Crippen LogP contribution < -0.4 is 0 Å². The summed E-state index contributed by atoms with van der Waals surface area (Å²) in [5, 5.41) is 0. The number of hydrogen-bond donors (Lipinski definition) is 0. The lowest BCUT2D eigenvalue weighted by Crippen LogP contribution is -2.37. The average Bonchev–Trinajstić information content (AvgIpc) is 2.33. The van der Waals surface area contributed by atoms with Gasteiger partial charge in [-0.05, 0) is 26.1 Å². The first-order valence-electron chi connectivity index (χ1n) is 6.02. The summed E-state index contributed by atoms with van der Waals surface area (Å²) in [6.45, 7) is 9.93. The first-order chi connectivity index (χ1) is 7.61. The molecule has 0 atom stereocenters. The maximum atomic E-state index is 5.61. The maximum absolute atomic E-state index is 5.61. The van der Waals surface area contributed by atoms with E-state index in [1.165, 1.54) is 0 Å². The highest BCUT2D eigenvalue weighted by molar-refractivity contribution is 6.38. The molecule has 0 aromatic rings. The lowest BCUT2D eigenvalue weighted by Gasteiger charge is -2.26. The molecule has 0 N–H and O–H groups in total. The smallest absolute Gasteiger partial charge is 0.141 e. The van der Waals surface area contributed by atoms with Crippen LogP contribution in [0.25, 0.3) is 0 Å². The van der Waals surface area contributed by atoms with Gasteiger partial charge in [-0.2, -0.15) is 0 Å². The van der Waals surface area contributed by atoms with Gasteiger partial charge in [-0.15, -0.1) is 0 Å². The molecule has 0 fully saturated rings. The highest BCUT2D eigenvalue weighted by Crippen LogP contribution is 2.09. The molecule has 5 heteroatoms. The summed E-state index contributed by atoms with van der Waals surface area (Å²) in [6.07, 6.45) is 0. The highest BCUT2D eigenvalue weighted by Gasteiger charge is 2.21. The van der Waals surface area contributed by atoms with Crippen LogP contribution >= 0.6 is 0 Å². The van der Waals surface area contributed by atoms with Crippen molar-refractivity contribution in [1.29, 1.82) is 0 Å². The third-order valence-corrected chi connectivity index (χ3v) is 5.08. The second-order valence-electron chi connectivity index (χ2n) is 3.99. The average molecular weight is 249 g/mol. The van der Waals surface area contributed by atoms with Crippen LogP contribution in [0.2, 0.25) is 6.04 Å². The topological polar surface area (TPSA) is 30.9 Å². The zero-order valence-corrected chi connectivity index (χ0v) is 12.8. The van der Waals surface area contributed by atoms with Crippen molar-refractivity contribution in [3.05, 3.63) is 0 Å².